The second kappa shape index (κ2) is 9.60. The molecule has 8 heteroatoms. The molecular formula is C23H30N2O5S. The third kappa shape index (κ3) is 5.91. The van der Waals surface area contributed by atoms with Crippen LogP contribution >= 0.6 is 0 Å². The van der Waals surface area contributed by atoms with E-state index in [0.717, 1.165) is 11.8 Å². The van der Waals surface area contributed by atoms with Crippen molar-refractivity contribution in [2.75, 3.05) is 30.3 Å². The van der Waals surface area contributed by atoms with E-state index in [-0.39, 0.29) is 24.9 Å². The van der Waals surface area contributed by atoms with Crippen molar-refractivity contribution < 1.29 is 22.7 Å². The number of anilines is 1. The molecule has 3 rings (SSSR count). The quantitative estimate of drug-likeness (QED) is 0.671. The third-order valence-electron chi connectivity index (χ3n) is 5.39. The van der Waals surface area contributed by atoms with Gasteiger partial charge in [0.2, 0.25) is 15.9 Å². The van der Waals surface area contributed by atoms with Crippen molar-refractivity contribution in [3.8, 4) is 11.5 Å². The van der Waals surface area contributed by atoms with Crippen LogP contribution < -0.4 is 19.1 Å². The molecular weight excluding hydrogens is 416 g/mol. The molecule has 0 bridgehead atoms. The van der Waals surface area contributed by atoms with Gasteiger partial charge in [0.05, 0.1) is 18.0 Å². The lowest BCUT2D eigenvalue weighted by Gasteiger charge is -2.25. The number of sulfonamides is 1. The van der Waals surface area contributed by atoms with Gasteiger partial charge in [-0.2, -0.15) is 0 Å². The largest absolute Gasteiger partial charge is 0.486 e. The highest BCUT2D eigenvalue weighted by Crippen LogP contribution is 2.34. The molecule has 168 valence electrons. The van der Waals surface area contributed by atoms with Crippen molar-refractivity contribution in [2.24, 2.45) is 0 Å². The van der Waals surface area contributed by atoms with Crippen molar-refractivity contribution >= 4 is 21.6 Å². The molecule has 0 fully saturated rings. The molecule has 0 aromatic heterocycles. The number of fused-ring (bicyclic) bond motifs is 1. The number of nitrogens with zero attached hydrogens (tertiary/aromatic N) is 1. The Morgan fingerprint density at radius 3 is 2.45 bits per heavy atom. The zero-order valence-corrected chi connectivity index (χ0v) is 19.3. The third-order valence-corrected chi connectivity index (χ3v) is 6.58. The van der Waals surface area contributed by atoms with E-state index in [2.05, 4.69) is 18.3 Å². The van der Waals surface area contributed by atoms with Crippen LogP contribution in [0.25, 0.3) is 0 Å². The molecule has 0 spiro atoms. The Hall–Kier alpha value is -2.74. The average molecular weight is 447 g/mol. The smallest absolute Gasteiger partial charge is 0.232 e. The maximum atomic E-state index is 12.4. The number of amides is 1. The molecule has 1 aliphatic heterocycles. The van der Waals surface area contributed by atoms with Crippen molar-refractivity contribution in [3.05, 3.63) is 53.1 Å². The minimum absolute atomic E-state index is 0.110. The molecule has 1 N–H and O–H groups in total. The first-order valence-corrected chi connectivity index (χ1v) is 12.2. The van der Waals surface area contributed by atoms with E-state index in [1.807, 2.05) is 26.0 Å². The summed E-state index contributed by atoms with van der Waals surface area (Å²) >= 11 is 0. The summed E-state index contributed by atoms with van der Waals surface area (Å²) in [5.74, 6) is 1.02. The van der Waals surface area contributed by atoms with Crippen LogP contribution in [-0.4, -0.2) is 40.3 Å². The lowest BCUT2D eigenvalue weighted by atomic mass is 10.0. The summed E-state index contributed by atoms with van der Waals surface area (Å²) in [6.45, 7) is 7.14. The number of carbonyl (C=O) groups is 1. The van der Waals surface area contributed by atoms with Crippen molar-refractivity contribution in [1.82, 2.24) is 5.32 Å². The minimum Gasteiger partial charge on any atom is -0.486 e. The molecule has 0 saturated carbocycles. The van der Waals surface area contributed by atoms with E-state index in [0.29, 0.717) is 36.8 Å². The Kier molecular flexibility index (Phi) is 7.10. The summed E-state index contributed by atoms with van der Waals surface area (Å²) in [6, 6.07) is 11.1. The van der Waals surface area contributed by atoms with Gasteiger partial charge in [-0.15, -0.1) is 0 Å². The van der Waals surface area contributed by atoms with Crippen LogP contribution in [0.15, 0.2) is 36.4 Å². The fourth-order valence-corrected chi connectivity index (χ4v) is 4.44. The standard InChI is InChI=1S/C23H30N2O5S/c1-16-7-8-19(14-17(16)2)18(3)24-23(26)6-5-11-25(31(4,27)28)20-9-10-21-22(15-20)30-13-12-29-21/h7-10,14-15,18H,5-6,11-13H2,1-4H3,(H,24,26)/t18-/m0/s1. The molecule has 1 aliphatic rings. The van der Waals surface area contributed by atoms with Crippen molar-refractivity contribution in [2.45, 2.75) is 39.7 Å². The lowest BCUT2D eigenvalue weighted by Crippen LogP contribution is -2.32. The highest BCUT2D eigenvalue weighted by Gasteiger charge is 2.21. The maximum absolute atomic E-state index is 12.4. The van der Waals surface area contributed by atoms with E-state index in [1.54, 1.807) is 18.2 Å². The van der Waals surface area contributed by atoms with E-state index in [9.17, 15) is 13.2 Å². The molecule has 0 radical (unpaired) electrons. The number of benzene rings is 2. The molecule has 2 aromatic carbocycles. The number of carbonyl (C=O) groups excluding carboxylic acids is 1. The van der Waals surface area contributed by atoms with Gasteiger partial charge in [-0.1, -0.05) is 18.2 Å². The predicted octanol–water partition coefficient (Wildman–Crippen LogP) is 3.50. The highest BCUT2D eigenvalue weighted by atomic mass is 32.2. The first-order valence-electron chi connectivity index (χ1n) is 10.4. The van der Waals surface area contributed by atoms with E-state index < -0.39 is 10.0 Å². The highest BCUT2D eigenvalue weighted by molar-refractivity contribution is 7.92. The monoisotopic (exact) mass is 446 g/mol. The fourth-order valence-electron chi connectivity index (χ4n) is 3.49. The first kappa shape index (κ1) is 22.9. The summed E-state index contributed by atoms with van der Waals surface area (Å²) in [7, 11) is -3.51. The van der Waals surface area contributed by atoms with Gasteiger partial charge >= 0.3 is 0 Å². The normalized spacial score (nSPS) is 14.1. The second-order valence-corrected chi connectivity index (χ2v) is 9.81. The molecule has 2 aromatic rings. The summed E-state index contributed by atoms with van der Waals surface area (Å²) in [4.78, 5) is 12.4. The molecule has 0 unspecified atom stereocenters. The van der Waals surface area contributed by atoms with Crippen LogP contribution in [0.4, 0.5) is 5.69 Å². The topological polar surface area (TPSA) is 84.9 Å². The SMILES string of the molecule is Cc1ccc([C@H](C)NC(=O)CCCN(c2ccc3c(c2)OCCO3)S(C)(=O)=O)cc1C. The Balaban J connectivity index is 1.59. The number of rotatable bonds is 8. The van der Waals surface area contributed by atoms with Gasteiger partial charge in [-0.25, -0.2) is 8.42 Å². The number of aryl methyl sites for hydroxylation is 2. The Morgan fingerprint density at radius 2 is 1.77 bits per heavy atom. The summed E-state index contributed by atoms with van der Waals surface area (Å²) < 4.78 is 37.1. The number of nitrogens with one attached hydrogen (secondary N) is 1. The first-order chi connectivity index (χ1) is 14.6. The summed E-state index contributed by atoms with van der Waals surface area (Å²) in [6.07, 6.45) is 1.78. The van der Waals surface area contributed by atoms with E-state index >= 15 is 0 Å². The van der Waals surface area contributed by atoms with Crippen LogP contribution in [0, 0.1) is 13.8 Å². The van der Waals surface area contributed by atoms with Crippen LogP contribution in [0.1, 0.15) is 42.5 Å². The Labute approximate surface area is 184 Å². The molecule has 1 amide bonds. The van der Waals surface area contributed by atoms with Gasteiger partial charge in [0.25, 0.3) is 0 Å². The van der Waals surface area contributed by atoms with Gasteiger partial charge in [0, 0.05) is 19.0 Å². The van der Waals surface area contributed by atoms with E-state index in [1.165, 1.54) is 15.4 Å². The van der Waals surface area contributed by atoms with Gasteiger partial charge in [0.1, 0.15) is 13.2 Å². The van der Waals surface area contributed by atoms with Gasteiger partial charge in [-0.3, -0.25) is 9.10 Å². The molecule has 7 nitrogen and oxygen atoms in total. The van der Waals surface area contributed by atoms with Crippen LogP contribution in [0.5, 0.6) is 11.5 Å². The van der Waals surface area contributed by atoms with Gasteiger partial charge < -0.3 is 14.8 Å². The van der Waals surface area contributed by atoms with Gasteiger partial charge in [-0.05, 0) is 56.0 Å². The van der Waals surface area contributed by atoms with Crippen LogP contribution in [0.2, 0.25) is 0 Å². The minimum atomic E-state index is -3.51. The molecule has 1 heterocycles. The summed E-state index contributed by atoms with van der Waals surface area (Å²) in [5.41, 5.74) is 3.94. The molecule has 1 atom stereocenters. The lowest BCUT2D eigenvalue weighted by molar-refractivity contribution is -0.121. The Bertz CT molecular complexity index is 1050. The van der Waals surface area contributed by atoms with Crippen molar-refractivity contribution in [1.29, 1.82) is 0 Å². The van der Waals surface area contributed by atoms with Gasteiger partial charge in [0.15, 0.2) is 11.5 Å². The van der Waals surface area contributed by atoms with Crippen LogP contribution in [-0.2, 0) is 14.8 Å². The molecule has 31 heavy (non-hydrogen) atoms. The fraction of sp³-hybridized carbons (Fsp3) is 0.435. The Morgan fingerprint density at radius 1 is 1.06 bits per heavy atom. The predicted molar refractivity (Wildman–Crippen MR) is 121 cm³/mol. The van der Waals surface area contributed by atoms with Crippen molar-refractivity contribution in [3.63, 3.8) is 0 Å². The van der Waals surface area contributed by atoms with Crippen LogP contribution in [0.3, 0.4) is 0 Å². The zero-order chi connectivity index (χ0) is 22.6. The second-order valence-electron chi connectivity index (χ2n) is 7.90. The average Bonchev–Trinajstić information content (AvgIpc) is 2.72. The number of hydrogen-bond donors (Lipinski definition) is 1. The number of hydrogen-bond acceptors (Lipinski definition) is 5. The zero-order valence-electron chi connectivity index (χ0n) is 18.5. The molecule has 0 saturated heterocycles. The number of ether oxygens (including phenoxy) is 2. The maximum Gasteiger partial charge on any atom is 0.232 e. The van der Waals surface area contributed by atoms with E-state index in [4.69, 9.17) is 9.47 Å². The summed E-state index contributed by atoms with van der Waals surface area (Å²) in [5, 5.41) is 2.99. The molecule has 0 aliphatic carbocycles.